The van der Waals surface area contributed by atoms with Gasteiger partial charge in [0.2, 0.25) is 5.24 Å². The minimum absolute atomic E-state index is 0. The number of aromatic nitrogens is 7. The number of ether oxygens (including phenoxy) is 1. The number of fused-ring (bicyclic) bond motifs is 4. The number of nitrogen functional groups attached to an aromatic ring is 1. The topological polar surface area (TPSA) is 285 Å². The molecule has 0 bridgehead atoms. The number of aldehydes is 1. The third-order valence-electron chi connectivity index (χ3n) is 21.2. The summed E-state index contributed by atoms with van der Waals surface area (Å²) >= 11 is 11.9. The van der Waals surface area contributed by atoms with Crippen LogP contribution >= 0.6 is 43.5 Å². The number of benzene rings is 4. The number of carbonyl (C=O) groups excluding carboxylic acids is 5. The van der Waals surface area contributed by atoms with Gasteiger partial charge in [-0.2, -0.15) is 0 Å². The van der Waals surface area contributed by atoms with Gasteiger partial charge in [0.1, 0.15) is 28.9 Å². The van der Waals surface area contributed by atoms with Crippen LogP contribution in [0.3, 0.4) is 0 Å². The summed E-state index contributed by atoms with van der Waals surface area (Å²) in [6.07, 6.45) is 31.6. The number of ketones is 3. The normalized spacial score (nSPS) is 16.3. The molecular formula is C93H111BBr2ClN10O10V-. The van der Waals surface area contributed by atoms with Crippen molar-refractivity contribution >= 4 is 134 Å². The largest absolute Gasteiger partial charge is 0.496 e. The molecule has 4 aromatic carbocycles. The number of nitrogens with zero attached hydrogens (tertiary/aromatic N) is 8. The Labute approximate surface area is 729 Å². The molecule has 7 aromatic heterocycles. The minimum atomic E-state index is -0.386. The van der Waals surface area contributed by atoms with Crippen molar-refractivity contribution in [2.24, 2.45) is 23.7 Å². The van der Waals surface area contributed by atoms with Crippen LogP contribution in [0.25, 0.3) is 65.3 Å². The summed E-state index contributed by atoms with van der Waals surface area (Å²) in [6, 6.07) is 38.3. The van der Waals surface area contributed by atoms with Crippen LogP contribution in [0.5, 0.6) is 5.75 Å². The fourth-order valence-electron chi connectivity index (χ4n) is 13.0. The van der Waals surface area contributed by atoms with Crippen molar-refractivity contribution in [3.05, 3.63) is 222 Å². The predicted octanol–water partition coefficient (Wildman–Crippen LogP) is 18.1. The quantitative estimate of drug-likeness (QED) is 0.0285. The van der Waals surface area contributed by atoms with Crippen LogP contribution in [-0.4, -0.2) is 143 Å². The van der Waals surface area contributed by atoms with Crippen LogP contribution in [0, 0.1) is 31.1 Å². The molecule has 7 fully saturated rings. The minimum Gasteiger partial charge on any atom is -0.495 e. The number of hydrogen-bond acceptors (Lipinski definition) is 20. The number of hydrogen-bond donors (Lipinski definition) is 4. The van der Waals surface area contributed by atoms with Gasteiger partial charge in [-0.1, -0.05) is 90.5 Å². The van der Waals surface area contributed by atoms with E-state index in [2.05, 4.69) is 113 Å². The van der Waals surface area contributed by atoms with Crippen LogP contribution < -0.4 is 21.3 Å². The predicted molar refractivity (Wildman–Crippen MR) is 478 cm³/mol. The van der Waals surface area contributed by atoms with E-state index in [4.69, 9.17) is 36.5 Å². The van der Waals surface area contributed by atoms with E-state index >= 15 is 0 Å². The molecule has 20 nitrogen and oxygen atoms in total. The molecular weight excluding hydrogens is 1670 g/mol. The number of nitrogens with one attached hydrogen (secondary N) is 1. The molecule has 0 atom stereocenters. The second kappa shape index (κ2) is 45.3. The molecule has 5 N–H and O–H groups in total. The number of anilines is 1. The molecule has 3 aliphatic heterocycles. The maximum absolute atomic E-state index is 12.2. The standard InChI is InChI=1S/C25H27N3O2.C20H16N2O2.C14H12BrNO.C12H18BNO3.C9H7BrN2.C5H11NO.C4H5ClO.3CH4.CH3.V/c29-24-5-7-28(8-6-24)16-17-9-22(14-26-13-17)19-3-4-20-15-27-23(11-21(20)10-19)12-25(30)18-1-2-18;23-12-13-5-18(10-21-9-13)15-3-4-16-11-22-19(7-17(16)6-15)8-20(24)14-1-2-14;15-12-4-3-10-8-16-13(6-11(10)5-12)7-14(17)9-1-2-9;1-11(2)12(3,4)17-13(16-11)9-6-10(15-5)8-14-7-9;10-8-2-1-6-5-12-9(11)4-7(6)3-8;7-5-1-3-6-4-2-5;5-4(6)3-1-2-3;;;;;/h3-4,9-11,13-15,18,24,29H,1-2,5-8,12,16H2;3-7,9-12,14H,1-2,8H2;3-6,8-9H,1-2,7H2;6-8H,1-5H3;1-5H,(H2,11,12);5-7H,1-4H2;3H,1-2H2;3*1H4;1H3;/q;;;;;;;;;;-1;. The molecule has 1 radical (unpaired) electrons. The number of methoxy groups -OCH3 is 1. The van der Waals surface area contributed by atoms with Crippen molar-refractivity contribution in [3.63, 3.8) is 0 Å². The summed E-state index contributed by atoms with van der Waals surface area (Å²) in [6.45, 7) is 12.8. The first-order chi connectivity index (χ1) is 54.4. The monoisotopic (exact) mass is 1780 g/mol. The average molecular weight is 1790 g/mol. The third kappa shape index (κ3) is 28.6. The van der Waals surface area contributed by atoms with E-state index in [9.17, 15) is 29.1 Å². The second-order valence-corrected chi connectivity index (χ2v) is 33.2. The van der Waals surface area contributed by atoms with Gasteiger partial charge >= 0.3 is 7.12 Å². The van der Waals surface area contributed by atoms with Crippen molar-refractivity contribution < 1.29 is 66.8 Å². The molecule has 3 saturated heterocycles. The molecule has 623 valence electrons. The van der Waals surface area contributed by atoms with Crippen LogP contribution in [0.4, 0.5) is 5.82 Å². The average Bonchev–Trinajstić information content (AvgIpc) is 1.61. The smallest absolute Gasteiger partial charge is 0.495 e. The Bertz CT molecular complexity index is 5140. The summed E-state index contributed by atoms with van der Waals surface area (Å²) in [5, 5.41) is 30.3. The Morgan fingerprint density at radius 3 is 1.36 bits per heavy atom. The van der Waals surface area contributed by atoms with Crippen LogP contribution in [0.2, 0.25) is 0 Å². The molecule has 4 aliphatic carbocycles. The first-order valence-electron chi connectivity index (χ1n) is 38.8. The van der Waals surface area contributed by atoms with E-state index in [-0.39, 0.29) is 102 Å². The van der Waals surface area contributed by atoms with Gasteiger partial charge in [-0.05, 0) is 247 Å². The molecule has 18 rings (SSSR count). The molecule has 25 heteroatoms. The molecule has 118 heavy (non-hydrogen) atoms. The van der Waals surface area contributed by atoms with Crippen molar-refractivity contribution in [1.82, 2.24) is 45.1 Å². The number of aliphatic hydroxyl groups excluding tert-OH is 2. The van der Waals surface area contributed by atoms with Crippen molar-refractivity contribution in [2.45, 2.75) is 176 Å². The first kappa shape index (κ1) is 96.7. The van der Waals surface area contributed by atoms with Crippen LogP contribution in [0.15, 0.2) is 186 Å². The molecule has 0 spiro atoms. The van der Waals surface area contributed by atoms with Crippen molar-refractivity contribution in [2.75, 3.05) is 39.0 Å². The number of Topliss-reactive ketones (excluding diaryl/α,β-unsaturated/α-hetero) is 3. The van der Waals surface area contributed by atoms with Gasteiger partial charge in [0, 0.05) is 207 Å². The Morgan fingerprint density at radius 1 is 0.517 bits per heavy atom. The maximum Gasteiger partial charge on any atom is 0.496 e. The molecule has 7 aliphatic rings. The van der Waals surface area contributed by atoms with Gasteiger partial charge in [-0.15, -0.1) is 0 Å². The number of carbonyl (C=O) groups is 5. The number of likely N-dealkylation sites (tertiary alicyclic amines) is 1. The zero-order valence-corrected chi connectivity index (χ0v) is 71.2. The maximum atomic E-state index is 12.2. The van der Waals surface area contributed by atoms with Crippen molar-refractivity contribution in [1.29, 1.82) is 0 Å². The van der Waals surface area contributed by atoms with Crippen molar-refractivity contribution in [3.8, 4) is 28.0 Å². The summed E-state index contributed by atoms with van der Waals surface area (Å²) < 4.78 is 19.1. The van der Waals surface area contributed by atoms with E-state index in [1.54, 1.807) is 38.1 Å². The zero-order valence-electron chi connectivity index (χ0n) is 65.9. The van der Waals surface area contributed by atoms with E-state index in [1.807, 2.05) is 138 Å². The fourth-order valence-corrected chi connectivity index (χ4v) is 14.0. The summed E-state index contributed by atoms with van der Waals surface area (Å²) in [7, 11) is 1.23. The third-order valence-corrected chi connectivity index (χ3v) is 22.5. The van der Waals surface area contributed by atoms with Gasteiger partial charge < -0.3 is 42.7 Å². The summed E-state index contributed by atoms with van der Waals surface area (Å²) in [5.74, 6) is 3.28. The summed E-state index contributed by atoms with van der Waals surface area (Å²) in [5.41, 5.74) is 14.2. The second-order valence-electron chi connectivity index (χ2n) is 31.0. The number of aliphatic hydroxyl groups is 2. The van der Waals surface area contributed by atoms with Crippen LogP contribution in [-0.2, 0) is 72.8 Å². The Hall–Kier alpha value is -8.42. The zero-order chi connectivity index (χ0) is 79.8. The first-order valence-corrected chi connectivity index (χ1v) is 40.7. The summed E-state index contributed by atoms with van der Waals surface area (Å²) in [4.78, 5) is 89.1. The number of nitrogens with two attached hydrogens (primary N) is 1. The van der Waals surface area contributed by atoms with Gasteiger partial charge in [-0.25, -0.2) is 4.98 Å². The number of piperidine rings is 2. The molecule has 0 unspecified atom stereocenters. The Morgan fingerprint density at radius 2 is 0.932 bits per heavy atom. The Balaban J connectivity index is 0.000000198. The van der Waals surface area contributed by atoms with E-state index in [0.29, 0.717) is 59.7 Å². The number of halogens is 3. The van der Waals surface area contributed by atoms with Gasteiger partial charge in [-0.3, -0.25) is 58.8 Å². The van der Waals surface area contributed by atoms with Crippen LogP contribution in [0.1, 0.15) is 160 Å². The number of rotatable bonds is 17. The Kier molecular flexibility index (Phi) is 37.1. The SMILES string of the molecule is C.C.C.COc1cncc(B2OC(C)(C)C(C)(C)O2)c1.Nc1cc2cc(Br)ccc2cn1.O=C(Cc1cc2cc(-c3cncc(CN4CCC(O)CC4)c3)ccc2cn1)C1CC1.O=C(Cc1cc2cc(Br)ccc2cn1)C1CC1.O=C(Cl)C1CC1.O=Cc1cncc(-c2ccc3cnc(CC(=O)C4CC4)cc3c2)c1.OC1CCNCC1.[CH3-].[V]. The fraction of sp³-hybridized carbons (Fsp3) is 0.387. The van der Waals surface area contributed by atoms with Gasteiger partial charge in [0.15, 0.2) is 6.29 Å². The molecule has 4 saturated carbocycles. The van der Waals surface area contributed by atoms with Gasteiger partial charge in [0.25, 0.3) is 0 Å². The van der Waals surface area contributed by atoms with E-state index in [1.165, 1.54) is 5.56 Å². The molecule has 11 aromatic rings. The van der Waals surface area contributed by atoms with E-state index < -0.39 is 0 Å². The molecule has 10 heterocycles. The molecule has 0 amide bonds. The number of pyridine rings is 7. The van der Waals surface area contributed by atoms with Gasteiger partial charge in [0.05, 0.1) is 36.7 Å². The van der Waals surface area contributed by atoms with E-state index in [0.717, 1.165) is 213 Å².